The lowest BCUT2D eigenvalue weighted by atomic mass is 10.3. The van der Waals surface area contributed by atoms with Crippen molar-refractivity contribution in [2.75, 3.05) is 47.3 Å². The van der Waals surface area contributed by atoms with Gasteiger partial charge in [0.2, 0.25) is 0 Å². The number of likely N-dealkylation sites (N-methyl/N-ethyl adjacent to an activating group) is 3. The average molecular weight is 319 g/mol. The van der Waals surface area contributed by atoms with Crippen LogP contribution in [-0.4, -0.2) is 64.9 Å². The van der Waals surface area contributed by atoms with Crippen molar-refractivity contribution >= 4 is 21.4 Å². The molecule has 0 aliphatic heterocycles. The van der Waals surface area contributed by atoms with Crippen molar-refractivity contribution in [2.24, 2.45) is 0 Å². The summed E-state index contributed by atoms with van der Waals surface area (Å²) < 4.78 is 26.6. The van der Waals surface area contributed by atoms with Gasteiger partial charge in [-0.15, -0.1) is 11.3 Å². The third-order valence-electron chi connectivity index (χ3n) is 2.96. The van der Waals surface area contributed by atoms with Gasteiger partial charge in [-0.1, -0.05) is 6.92 Å². The summed E-state index contributed by atoms with van der Waals surface area (Å²) in [4.78, 5) is 3.08. The molecule has 0 radical (unpaired) electrons. The Balaban J connectivity index is 2.67. The zero-order valence-corrected chi connectivity index (χ0v) is 14.4. The quantitative estimate of drug-likeness (QED) is 0.692. The van der Waals surface area contributed by atoms with Crippen LogP contribution in [0.1, 0.15) is 11.8 Å². The van der Waals surface area contributed by atoms with Crippen LogP contribution in [-0.2, 0) is 16.4 Å². The Hall–Kier alpha value is -0.470. The highest BCUT2D eigenvalue weighted by Gasteiger charge is 2.22. The van der Waals surface area contributed by atoms with E-state index in [4.69, 9.17) is 0 Å². The van der Waals surface area contributed by atoms with Gasteiger partial charge in [-0.05, 0) is 45.7 Å². The molecule has 0 aliphatic rings. The van der Waals surface area contributed by atoms with Crippen LogP contribution in [0.5, 0.6) is 0 Å². The van der Waals surface area contributed by atoms with Gasteiger partial charge in [0.15, 0.2) is 0 Å². The van der Waals surface area contributed by atoms with E-state index in [0.717, 1.165) is 24.4 Å². The molecule has 1 N–H and O–H groups in total. The highest BCUT2D eigenvalue weighted by Crippen LogP contribution is 2.24. The summed E-state index contributed by atoms with van der Waals surface area (Å²) in [5.74, 6) is 0. The highest BCUT2D eigenvalue weighted by molar-refractivity contribution is 7.91. The SMILES string of the molecule is CCNCCc1ccc(S(=O)(=O)N(C)CCN(C)C)s1. The Labute approximate surface area is 126 Å². The summed E-state index contributed by atoms with van der Waals surface area (Å²) in [7, 11) is 2.17. The summed E-state index contributed by atoms with van der Waals surface area (Å²) in [6.07, 6.45) is 0.870. The van der Waals surface area contributed by atoms with E-state index in [0.29, 0.717) is 17.3 Å². The van der Waals surface area contributed by atoms with E-state index >= 15 is 0 Å². The number of thiophene rings is 1. The number of nitrogens with zero attached hydrogens (tertiary/aromatic N) is 2. The Kier molecular flexibility index (Phi) is 7.11. The monoisotopic (exact) mass is 319 g/mol. The maximum atomic E-state index is 12.4. The van der Waals surface area contributed by atoms with Gasteiger partial charge in [-0.2, -0.15) is 4.31 Å². The van der Waals surface area contributed by atoms with Gasteiger partial charge < -0.3 is 10.2 Å². The van der Waals surface area contributed by atoms with Gasteiger partial charge in [-0.25, -0.2) is 8.42 Å². The van der Waals surface area contributed by atoms with Crippen molar-refractivity contribution in [1.82, 2.24) is 14.5 Å². The Bertz CT molecular complexity index is 497. The summed E-state index contributed by atoms with van der Waals surface area (Å²) in [6, 6.07) is 3.63. The van der Waals surface area contributed by atoms with Crippen LogP contribution in [0.2, 0.25) is 0 Å². The molecule has 0 bridgehead atoms. The minimum Gasteiger partial charge on any atom is -0.317 e. The lowest BCUT2D eigenvalue weighted by Gasteiger charge is -2.18. The maximum absolute atomic E-state index is 12.4. The van der Waals surface area contributed by atoms with Crippen molar-refractivity contribution in [3.05, 3.63) is 17.0 Å². The number of hydrogen-bond donors (Lipinski definition) is 1. The third kappa shape index (κ3) is 5.14. The van der Waals surface area contributed by atoms with Gasteiger partial charge in [0, 0.05) is 25.0 Å². The molecule has 1 heterocycles. The van der Waals surface area contributed by atoms with E-state index in [1.54, 1.807) is 13.1 Å². The van der Waals surface area contributed by atoms with E-state index in [2.05, 4.69) is 12.2 Å². The Morgan fingerprint density at radius 3 is 2.50 bits per heavy atom. The molecule has 0 atom stereocenters. The molecule has 116 valence electrons. The van der Waals surface area contributed by atoms with Crippen LogP contribution < -0.4 is 5.32 Å². The van der Waals surface area contributed by atoms with Crippen LogP contribution >= 0.6 is 11.3 Å². The predicted octanol–water partition coefficient (Wildman–Crippen LogP) is 1.08. The van der Waals surface area contributed by atoms with Crippen LogP contribution in [0.3, 0.4) is 0 Å². The predicted molar refractivity (Wildman–Crippen MR) is 84.9 cm³/mol. The normalized spacial score (nSPS) is 12.5. The smallest absolute Gasteiger partial charge is 0.252 e. The zero-order chi connectivity index (χ0) is 15.2. The number of rotatable bonds is 9. The van der Waals surface area contributed by atoms with Crippen molar-refractivity contribution in [3.8, 4) is 0 Å². The molecule has 0 spiro atoms. The first kappa shape index (κ1) is 17.6. The first-order chi connectivity index (χ1) is 9.37. The van der Waals surface area contributed by atoms with Crippen molar-refractivity contribution in [3.63, 3.8) is 0 Å². The lowest BCUT2D eigenvalue weighted by molar-refractivity contribution is 0.359. The molecule has 1 aromatic rings. The number of nitrogens with one attached hydrogen (secondary N) is 1. The molecule has 5 nitrogen and oxygen atoms in total. The molecule has 0 saturated heterocycles. The molecule has 0 aliphatic carbocycles. The first-order valence-corrected chi connectivity index (χ1v) is 9.04. The molecule has 0 aromatic carbocycles. The van der Waals surface area contributed by atoms with Crippen molar-refractivity contribution in [1.29, 1.82) is 0 Å². The topological polar surface area (TPSA) is 52.7 Å². The molecule has 0 saturated carbocycles. The summed E-state index contributed by atoms with van der Waals surface area (Å²) in [5, 5.41) is 3.24. The van der Waals surface area contributed by atoms with Gasteiger partial charge >= 0.3 is 0 Å². The van der Waals surface area contributed by atoms with Crippen LogP contribution in [0.4, 0.5) is 0 Å². The van der Waals surface area contributed by atoms with Crippen molar-refractivity contribution in [2.45, 2.75) is 17.6 Å². The molecule has 1 aromatic heterocycles. The molecule has 1 rings (SSSR count). The average Bonchev–Trinajstić information content (AvgIpc) is 2.85. The van der Waals surface area contributed by atoms with E-state index in [1.807, 2.05) is 25.1 Å². The maximum Gasteiger partial charge on any atom is 0.252 e. The van der Waals surface area contributed by atoms with E-state index in [-0.39, 0.29) is 0 Å². The highest BCUT2D eigenvalue weighted by atomic mass is 32.2. The fourth-order valence-electron chi connectivity index (χ4n) is 1.63. The summed E-state index contributed by atoms with van der Waals surface area (Å²) >= 11 is 1.37. The second-order valence-corrected chi connectivity index (χ2v) is 8.39. The van der Waals surface area contributed by atoms with Gasteiger partial charge in [0.05, 0.1) is 0 Å². The Morgan fingerprint density at radius 2 is 1.90 bits per heavy atom. The molecule has 0 amide bonds. The van der Waals surface area contributed by atoms with E-state index < -0.39 is 10.0 Å². The molecule has 20 heavy (non-hydrogen) atoms. The van der Waals surface area contributed by atoms with Gasteiger partial charge in [0.1, 0.15) is 4.21 Å². The first-order valence-electron chi connectivity index (χ1n) is 6.78. The molecule has 0 fully saturated rings. The second kappa shape index (κ2) is 8.09. The van der Waals surface area contributed by atoms with Crippen LogP contribution in [0.15, 0.2) is 16.3 Å². The Morgan fingerprint density at radius 1 is 1.20 bits per heavy atom. The largest absolute Gasteiger partial charge is 0.317 e. The van der Waals surface area contributed by atoms with E-state index in [9.17, 15) is 8.42 Å². The molecular weight excluding hydrogens is 294 g/mol. The standard InChI is InChI=1S/C13H25N3O2S2/c1-5-14-9-8-12-6-7-13(19-12)20(17,18)16(4)11-10-15(2)3/h6-7,14H,5,8-11H2,1-4H3. The molecule has 0 unspecified atom stereocenters. The molecular formula is C13H25N3O2S2. The lowest BCUT2D eigenvalue weighted by Crippen LogP contribution is -2.33. The minimum absolute atomic E-state index is 0.435. The number of sulfonamides is 1. The van der Waals surface area contributed by atoms with Crippen LogP contribution in [0, 0.1) is 0 Å². The van der Waals surface area contributed by atoms with Gasteiger partial charge in [0.25, 0.3) is 10.0 Å². The zero-order valence-electron chi connectivity index (χ0n) is 12.7. The summed E-state index contributed by atoms with van der Waals surface area (Å²) in [5.41, 5.74) is 0. The number of hydrogen-bond acceptors (Lipinski definition) is 5. The van der Waals surface area contributed by atoms with Crippen molar-refractivity contribution < 1.29 is 8.42 Å². The summed E-state index contributed by atoms with van der Waals surface area (Å²) in [6.45, 7) is 5.09. The fraction of sp³-hybridized carbons (Fsp3) is 0.692. The van der Waals surface area contributed by atoms with Crippen LogP contribution in [0.25, 0.3) is 0 Å². The third-order valence-corrected chi connectivity index (χ3v) is 6.43. The molecule has 7 heteroatoms. The van der Waals surface area contributed by atoms with Gasteiger partial charge in [-0.3, -0.25) is 0 Å². The minimum atomic E-state index is -3.34. The fourth-order valence-corrected chi connectivity index (χ4v) is 4.36. The van der Waals surface area contributed by atoms with E-state index in [1.165, 1.54) is 15.6 Å². The second-order valence-electron chi connectivity index (χ2n) is 4.95.